The molecule has 0 heterocycles. The van der Waals surface area contributed by atoms with Crippen LogP contribution in [0, 0.1) is 11.7 Å². The van der Waals surface area contributed by atoms with Gasteiger partial charge in [0.2, 0.25) is 5.91 Å². The maximum absolute atomic E-state index is 15.9. The first-order chi connectivity index (χ1) is 22.1. The molecular weight excluding hydrogens is 731 g/mol. The Balaban J connectivity index is 1.57. The topological polar surface area (TPSA) is 114 Å². The summed E-state index contributed by atoms with van der Waals surface area (Å²) in [7, 11) is 0. The number of carbonyl (C=O) groups is 4. The molecule has 48 heavy (non-hydrogen) atoms. The average Bonchev–Trinajstić information content (AvgIpc) is 3.51. The fourth-order valence-corrected chi connectivity index (χ4v) is 6.26. The summed E-state index contributed by atoms with van der Waals surface area (Å²) in [5, 5.41) is 5.76. The Labute approximate surface area is 301 Å². The zero-order valence-corrected chi connectivity index (χ0v) is 30.3. The number of imide groups is 1. The van der Waals surface area contributed by atoms with Crippen molar-refractivity contribution in [1.29, 1.82) is 0 Å². The molecule has 4 rings (SSSR count). The number of amides is 4. The Kier molecular flexibility index (Phi) is 10.9. The molecule has 1 saturated carbocycles. The van der Waals surface area contributed by atoms with Gasteiger partial charge in [0.05, 0.1) is 27.9 Å². The molecule has 2 atom stereocenters. The SMILES string of the molecule is CC(C)(C)OC(=O)N(C(=O)OC(C)(C)C)c1cccc(NC(=O)c2cc(NC(=O)[C@H]3[C@H](c4cc(Cl)cc(Cl)c4)C3(Cl)Cl)ccc2Cl)c1F. The largest absolute Gasteiger partial charge is 0.443 e. The quantitative estimate of drug-likeness (QED) is 0.242. The van der Waals surface area contributed by atoms with E-state index < -0.39 is 68.6 Å². The number of ether oxygens (including phenoxy) is 2. The van der Waals surface area contributed by atoms with Crippen LogP contribution < -0.4 is 15.5 Å². The number of hydrogen-bond donors (Lipinski definition) is 2. The molecule has 1 fully saturated rings. The predicted octanol–water partition coefficient (Wildman–Crippen LogP) is 10.2. The van der Waals surface area contributed by atoms with Crippen molar-refractivity contribution in [3.63, 3.8) is 0 Å². The summed E-state index contributed by atoms with van der Waals surface area (Å²) in [5.41, 5.74) is -2.37. The number of nitrogens with one attached hydrogen (secondary N) is 2. The molecule has 3 aromatic carbocycles. The van der Waals surface area contributed by atoms with Crippen LogP contribution in [-0.4, -0.2) is 39.5 Å². The van der Waals surface area contributed by atoms with Gasteiger partial charge in [0, 0.05) is 21.7 Å². The van der Waals surface area contributed by atoms with Crippen molar-refractivity contribution in [3.05, 3.63) is 86.6 Å². The fraction of sp³-hybridized carbons (Fsp3) is 0.333. The molecule has 1 aliphatic rings. The van der Waals surface area contributed by atoms with E-state index >= 15 is 4.39 Å². The van der Waals surface area contributed by atoms with Crippen LogP contribution in [0.3, 0.4) is 0 Å². The lowest BCUT2D eigenvalue weighted by Gasteiger charge is -2.29. The first-order valence-corrected chi connectivity index (χ1v) is 16.3. The van der Waals surface area contributed by atoms with Crippen LogP contribution in [-0.2, 0) is 14.3 Å². The predicted molar refractivity (Wildman–Crippen MR) is 187 cm³/mol. The van der Waals surface area contributed by atoms with Gasteiger partial charge in [0.1, 0.15) is 15.5 Å². The first-order valence-electron chi connectivity index (χ1n) is 14.4. The summed E-state index contributed by atoms with van der Waals surface area (Å²) in [6.45, 7) is 9.45. The lowest BCUT2D eigenvalue weighted by Crippen LogP contribution is -2.44. The highest BCUT2D eigenvalue weighted by molar-refractivity contribution is 6.53. The number of rotatable bonds is 6. The fourth-order valence-electron chi connectivity index (χ4n) is 4.68. The number of nitrogens with zero attached hydrogens (tertiary/aromatic N) is 1. The van der Waals surface area contributed by atoms with Gasteiger partial charge in [0.25, 0.3) is 5.91 Å². The van der Waals surface area contributed by atoms with Gasteiger partial charge in [-0.3, -0.25) is 9.59 Å². The summed E-state index contributed by atoms with van der Waals surface area (Å²) < 4.78 is 25.1. The summed E-state index contributed by atoms with van der Waals surface area (Å²) >= 11 is 31.4. The third-order valence-electron chi connectivity index (χ3n) is 6.68. The molecule has 256 valence electrons. The Morgan fingerprint density at radius 1 is 0.812 bits per heavy atom. The molecule has 0 spiro atoms. The van der Waals surface area contributed by atoms with Crippen LogP contribution >= 0.6 is 58.0 Å². The highest BCUT2D eigenvalue weighted by Gasteiger charge is 2.67. The summed E-state index contributed by atoms with van der Waals surface area (Å²) in [5.74, 6) is -4.03. The van der Waals surface area contributed by atoms with Gasteiger partial charge in [-0.05, 0) is 95.6 Å². The standard InChI is InChI=1S/C33H31Cl5FN3O6/c1-31(2,3)47-29(45)42(30(46)48-32(4,5)6)23-9-7-8-22(26(23)39)41-27(43)20-15-19(10-11-21(20)36)40-28(44)25-24(33(25,37)38)16-12-17(34)14-18(35)13-16/h7-15,24-25H,1-6H3,(H,40,44)(H,41,43)/t24-,25+/m0/s1. The second-order valence-electron chi connectivity index (χ2n) is 12.9. The Morgan fingerprint density at radius 3 is 1.92 bits per heavy atom. The maximum Gasteiger partial charge on any atom is 0.424 e. The van der Waals surface area contributed by atoms with E-state index in [1.165, 1.54) is 36.4 Å². The molecule has 0 bridgehead atoms. The number of halogens is 6. The Bertz CT molecular complexity index is 1740. The van der Waals surface area contributed by atoms with Crippen LogP contribution in [0.4, 0.5) is 31.0 Å². The van der Waals surface area contributed by atoms with Crippen molar-refractivity contribution in [2.75, 3.05) is 15.5 Å². The Morgan fingerprint density at radius 2 is 1.38 bits per heavy atom. The van der Waals surface area contributed by atoms with Crippen LogP contribution in [0.15, 0.2) is 54.6 Å². The highest BCUT2D eigenvalue weighted by Crippen LogP contribution is 2.65. The van der Waals surface area contributed by atoms with E-state index in [1.54, 1.807) is 53.7 Å². The highest BCUT2D eigenvalue weighted by atomic mass is 35.5. The lowest BCUT2D eigenvalue weighted by molar-refractivity contribution is -0.117. The smallest absolute Gasteiger partial charge is 0.424 e. The Hall–Kier alpha value is -3.28. The molecule has 0 unspecified atom stereocenters. The van der Waals surface area contributed by atoms with Crippen molar-refractivity contribution in [1.82, 2.24) is 0 Å². The molecule has 4 amide bonds. The van der Waals surface area contributed by atoms with Gasteiger partial charge in [-0.1, -0.05) is 40.9 Å². The third kappa shape index (κ3) is 8.84. The lowest BCUT2D eigenvalue weighted by atomic mass is 10.1. The second kappa shape index (κ2) is 13.9. The van der Waals surface area contributed by atoms with E-state index in [-0.39, 0.29) is 16.3 Å². The first kappa shape index (κ1) is 37.5. The molecular formula is C33H31Cl5FN3O6. The summed E-state index contributed by atoms with van der Waals surface area (Å²) in [4.78, 5) is 53.1. The number of hydrogen-bond acceptors (Lipinski definition) is 6. The second-order valence-corrected chi connectivity index (χ2v) is 15.6. The average molecular weight is 762 g/mol. The minimum atomic E-state index is -1.44. The maximum atomic E-state index is 15.9. The third-order valence-corrected chi connectivity index (χ3v) is 8.38. The number of alkyl halides is 2. The van der Waals surface area contributed by atoms with Crippen molar-refractivity contribution in [2.24, 2.45) is 5.92 Å². The minimum Gasteiger partial charge on any atom is -0.443 e. The zero-order chi connectivity index (χ0) is 35.9. The van der Waals surface area contributed by atoms with Gasteiger partial charge >= 0.3 is 12.2 Å². The van der Waals surface area contributed by atoms with Gasteiger partial charge in [-0.15, -0.1) is 23.2 Å². The van der Waals surface area contributed by atoms with Gasteiger partial charge < -0.3 is 20.1 Å². The van der Waals surface area contributed by atoms with Gasteiger partial charge in [-0.2, -0.15) is 4.90 Å². The molecule has 9 nitrogen and oxygen atoms in total. The van der Waals surface area contributed by atoms with E-state index in [9.17, 15) is 19.2 Å². The van der Waals surface area contributed by atoms with Crippen molar-refractivity contribution in [3.8, 4) is 0 Å². The van der Waals surface area contributed by atoms with E-state index in [1.807, 2.05) is 0 Å². The molecule has 1 aliphatic carbocycles. The van der Waals surface area contributed by atoms with E-state index in [0.717, 1.165) is 6.07 Å². The molecule has 15 heteroatoms. The van der Waals surface area contributed by atoms with E-state index in [4.69, 9.17) is 67.5 Å². The van der Waals surface area contributed by atoms with Crippen molar-refractivity contribution < 1.29 is 33.0 Å². The molecule has 2 N–H and O–H groups in total. The van der Waals surface area contributed by atoms with Crippen molar-refractivity contribution >= 4 is 99.1 Å². The van der Waals surface area contributed by atoms with Crippen LogP contribution in [0.5, 0.6) is 0 Å². The van der Waals surface area contributed by atoms with Crippen molar-refractivity contribution in [2.45, 2.75) is 63.0 Å². The number of carbonyl (C=O) groups excluding carboxylic acids is 4. The van der Waals surface area contributed by atoms with Crippen LogP contribution in [0.2, 0.25) is 15.1 Å². The van der Waals surface area contributed by atoms with Gasteiger partial charge in [-0.25, -0.2) is 14.0 Å². The zero-order valence-electron chi connectivity index (χ0n) is 26.5. The number of benzene rings is 3. The molecule has 0 aromatic heterocycles. The number of anilines is 3. The van der Waals surface area contributed by atoms with Gasteiger partial charge in [0.15, 0.2) is 5.82 Å². The van der Waals surface area contributed by atoms with E-state index in [2.05, 4.69) is 10.6 Å². The molecule has 0 saturated heterocycles. The molecule has 3 aromatic rings. The summed E-state index contributed by atoms with van der Waals surface area (Å²) in [6, 6.07) is 12.5. The summed E-state index contributed by atoms with van der Waals surface area (Å²) in [6.07, 6.45) is -2.39. The van der Waals surface area contributed by atoms with E-state index in [0.29, 0.717) is 20.5 Å². The monoisotopic (exact) mass is 759 g/mol. The molecule has 0 aliphatic heterocycles. The molecule has 0 radical (unpaired) electrons. The minimum absolute atomic E-state index is 0.0203. The van der Waals surface area contributed by atoms with Crippen LogP contribution in [0.25, 0.3) is 0 Å². The van der Waals surface area contributed by atoms with Crippen LogP contribution in [0.1, 0.15) is 63.4 Å². The normalized spacial score (nSPS) is 16.8.